The molecule has 1 N–H and O–H groups in total. The highest BCUT2D eigenvalue weighted by Gasteiger charge is 2.22. The maximum Gasteiger partial charge on any atom is 0.205 e. The Morgan fingerprint density at radius 2 is 1.84 bits per heavy atom. The molecule has 0 bridgehead atoms. The quantitative estimate of drug-likeness (QED) is 0.369. The highest BCUT2D eigenvalue weighted by atomic mass is 127. The Bertz CT molecular complexity index is 509. The molecule has 1 fully saturated rings. The molecule has 0 aliphatic carbocycles. The number of anilines is 1. The summed E-state index contributed by atoms with van der Waals surface area (Å²) in [7, 11) is 0. The SMILES string of the molecule is CCNC(=NCC(CC)CC)N1CCN(c2nc(CC)ns2)CC1.I. The van der Waals surface area contributed by atoms with Crippen LogP contribution in [0.15, 0.2) is 4.99 Å². The number of piperazine rings is 1. The second-order valence-corrected chi connectivity index (χ2v) is 6.93. The molecular weight excluding hydrogens is 447 g/mol. The monoisotopic (exact) mass is 480 g/mol. The van der Waals surface area contributed by atoms with Crippen molar-refractivity contribution < 1.29 is 0 Å². The molecule has 0 atom stereocenters. The zero-order chi connectivity index (χ0) is 17.4. The van der Waals surface area contributed by atoms with Crippen LogP contribution in [0.4, 0.5) is 5.13 Å². The van der Waals surface area contributed by atoms with E-state index in [1.54, 1.807) is 0 Å². The van der Waals surface area contributed by atoms with Crippen LogP contribution in [-0.2, 0) is 6.42 Å². The highest BCUT2D eigenvalue weighted by Crippen LogP contribution is 2.19. The molecule has 1 aliphatic rings. The van der Waals surface area contributed by atoms with E-state index in [2.05, 4.69) is 52.2 Å². The van der Waals surface area contributed by atoms with E-state index in [0.717, 1.165) is 62.6 Å². The van der Waals surface area contributed by atoms with Gasteiger partial charge in [0.05, 0.1) is 0 Å². The summed E-state index contributed by atoms with van der Waals surface area (Å²) in [5.74, 6) is 2.71. The van der Waals surface area contributed by atoms with Crippen molar-refractivity contribution in [3.05, 3.63) is 5.82 Å². The van der Waals surface area contributed by atoms with Crippen molar-refractivity contribution in [1.29, 1.82) is 0 Å². The van der Waals surface area contributed by atoms with Gasteiger partial charge < -0.3 is 15.1 Å². The van der Waals surface area contributed by atoms with Crippen molar-refractivity contribution in [3.8, 4) is 0 Å². The van der Waals surface area contributed by atoms with E-state index in [0.29, 0.717) is 5.92 Å². The second kappa shape index (κ2) is 11.9. The van der Waals surface area contributed by atoms with Gasteiger partial charge in [-0.1, -0.05) is 33.6 Å². The molecule has 0 unspecified atom stereocenters. The molecule has 0 amide bonds. The number of aromatic nitrogens is 2. The van der Waals surface area contributed by atoms with Gasteiger partial charge in [0.2, 0.25) is 5.13 Å². The first-order valence-electron chi connectivity index (χ1n) is 9.32. The third-order valence-electron chi connectivity index (χ3n) is 4.61. The molecule has 0 aromatic carbocycles. The van der Waals surface area contributed by atoms with E-state index in [4.69, 9.17) is 4.99 Å². The van der Waals surface area contributed by atoms with Crippen LogP contribution in [0.2, 0.25) is 0 Å². The molecule has 0 radical (unpaired) electrons. The van der Waals surface area contributed by atoms with Gasteiger partial charge in [-0.2, -0.15) is 4.37 Å². The Morgan fingerprint density at radius 1 is 1.16 bits per heavy atom. The van der Waals surface area contributed by atoms with E-state index in [1.165, 1.54) is 24.4 Å². The van der Waals surface area contributed by atoms with E-state index in [-0.39, 0.29) is 24.0 Å². The minimum Gasteiger partial charge on any atom is -0.357 e. The summed E-state index contributed by atoms with van der Waals surface area (Å²) >= 11 is 1.52. The summed E-state index contributed by atoms with van der Waals surface area (Å²) in [5.41, 5.74) is 0. The van der Waals surface area contributed by atoms with Gasteiger partial charge in [0.15, 0.2) is 5.96 Å². The molecule has 8 heteroatoms. The maximum atomic E-state index is 4.88. The number of hydrogen-bond acceptors (Lipinski definition) is 5. The molecule has 6 nitrogen and oxygen atoms in total. The number of nitrogens with zero attached hydrogens (tertiary/aromatic N) is 5. The molecule has 2 rings (SSSR count). The molecule has 0 spiro atoms. The summed E-state index contributed by atoms with van der Waals surface area (Å²) in [5, 5.41) is 4.52. The third-order valence-corrected chi connectivity index (χ3v) is 5.43. The lowest BCUT2D eigenvalue weighted by Crippen LogP contribution is -2.52. The largest absolute Gasteiger partial charge is 0.357 e. The first-order valence-corrected chi connectivity index (χ1v) is 10.1. The van der Waals surface area contributed by atoms with Crippen LogP contribution in [0, 0.1) is 5.92 Å². The first-order chi connectivity index (χ1) is 11.7. The summed E-state index contributed by atoms with van der Waals surface area (Å²) in [6.45, 7) is 14.5. The van der Waals surface area contributed by atoms with Crippen molar-refractivity contribution in [2.45, 2.75) is 47.0 Å². The van der Waals surface area contributed by atoms with Crippen LogP contribution in [0.3, 0.4) is 0 Å². The number of guanidine groups is 1. The number of aliphatic imine (C=N–C) groups is 1. The van der Waals surface area contributed by atoms with Gasteiger partial charge in [0.1, 0.15) is 5.82 Å². The van der Waals surface area contributed by atoms with Crippen LogP contribution in [0.1, 0.15) is 46.4 Å². The minimum absolute atomic E-state index is 0. The fraction of sp³-hybridized carbons (Fsp3) is 0.824. The van der Waals surface area contributed by atoms with Crippen molar-refractivity contribution in [2.24, 2.45) is 10.9 Å². The molecule has 1 aliphatic heterocycles. The Balaban J connectivity index is 0.00000312. The van der Waals surface area contributed by atoms with Gasteiger partial charge in [0.25, 0.3) is 0 Å². The van der Waals surface area contributed by atoms with Gasteiger partial charge in [0, 0.05) is 57.2 Å². The average Bonchev–Trinajstić information content (AvgIpc) is 3.11. The van der Waals surface area contributed by atoms with Crippen molar-refractivity contribution in [3.63, 3.8) is 0 Å². The van der Waals surface area contributed by atoms with Gasteiger partial charge in [-0.3, -0.25) is 4.99 Å². The second-order valence-electron chi connectivity index (χ2n) is 6.20. The van der Waals surface area contributed by atoms with Gasteiger partial charge in [-0.15, -0.1) is 24.0 Å². The Morgan fingerprint density at radius 3 is 2.36 bits per heavy atom. The smallest absolute Gasteiger partial charge is 0.205 e. The van der Waals surface area contributed by atoms with Crippen molar-refractivity contribution in [1.82, 2.24) is 19.6 Å². The topological polar surface area (TPSA) is 56.7 Å². The van der Waals surface area contributed by atoms with E-state index < -0.39 is 0 Å². The maximum absolute atomic E-state index is 4.88. The van der Waals surface area contributed by atoms with E-state index >= 15 is 0 Å². The molecule has 2 heterocycles. The number of nitrogens with one attached hydrogen (secondary N) is 1. The normalized spacial score (nSPS) is 15.5. The highest BCUT2D eigenvalue weighted by molar-refractivity contribution is 14.0. The predicted molar refractivity (Wildman–Crippen MR) is 119 cm³/mol. The van der Waals surface area contributed by atoms with Gasteiger partial charge in [-0.25, -0.2) is 4.98 Å². The standard InChI is InChI=1S/C17H32N6S.HI/c1-5-14(6-2)13-19-16(18-8-4)22-9-11-23(12-10-22)17-20-15(7-3)21-24-17;/h14H,5-13H2,1-4H3,(H,18,19);1H. The Kier molecular flexibility index (Phi) is 10.6. The summed E-state index contributed by atoms with van der Waals surface area (Å²) in [6.07, 6.45) is 3.30. The third kappa shape index (κ3) is 6.54. The average molecular weight is 480 g/mol. The fourth-order valence-electron chi connectivity index (χ4n) is 2.81. The van der Waals surface area contributed by atoms with Crippen molar-refractivity contribution in [2.75, 3.05) is 44.2 Å². The molecule has 144 valence electrons. The molecule has 1 aromatic rings. The number of halogens is 1. The number of rotatable bonds is 7. The fourth-order valence-corrected chi connectivity index (χ4v) is 3.62. The Hall–Kier alpha value is -0.640. The molecule has 0 saturated carbocycles. The summed E-state index contributed by atoms with van der Waals surface area (Å²) in [4.78, 5) is 14.2. The van der Waals surface area contributed by atoms with Crippen LogP contribution < -0.4 is 10.2 Å². The first kappa shape index (κ1) is 22.4. The zero-order valence-corrected chi connectivity index (χ0v) is 19.1. The number of aryl methyl sites for hydroxylation is 1. The lowest BCUT2D eigenvalue weighted by atomic mass is 10.0. The molecular formula is C17H33IN6S. The Labute approximate surface area is 173 Å². The van der Waals surface area contributed by atoms with Gasteiger partial charge in [-0.05, 0) is 12.8 Å². The van der Waals surface area contributed by atoms with Crippen LogP contribution >= 0.6 is 35.5 Å². The summed E-state index contributed by atoms with van der Waals surface area (Å²) in [6, 6.07) is 0. The lowest BCUT2D eigenvalue weighted by Gasteiger charge is -2.36. The van der Waals surface area contributed by atoms with E-state index in [1.807, 2.05) is 0 Å². The minimum atomic E-state index is 0. The number of hydrogen-bond donors (Lipinski definition) is 1. The van der Waals surface area contributed by atoms with Gasteiger partial charge >= 0.3 is 0 Å². The summed E-state index contributed by atoms with van der Waals surface area (Å²) < 4.78 is 4.40. The molecule has 1 saturated heterocycles. The van der Waals surface area contributed by atoms with Crippen LogP contribution in [0.25, 0.3) is 0 Å². The molecule has 1 aromatic heterocycles. The van der Waals surface area contributed by atoms with Crippen molar-refractivity contribution >= 4 is 46.6 Å². The molecule has 25 heavy (non-hydrogen) atoms. The lowest BCUT2D eigenvalue weighted by molar-refractivity contribution is 0.370. The zero-order valence-electron chi connectivity index (χ0n) is 16.0. The van der Waals surface area contributed by atoms with E-state index in [9.17, 15) is 0 Å². The van der Waals surface area contributed by atoms with Crippen LogP contribution in [0.5, 0.6) is 0 Å². The van der Waals surface area contributed by atoms with Crippen LogP contribution in [-0.4, -0.2) is 59.5 Å². The predicted octanol–water partition coefficient (Wildman–Crippen LogP) is 3.24.